The van der Waals surface area contributed by atoms with E-state index in [-0.39, 0.29) is 11.3 Å². The van der Waals surface area contributed by atoms with E-state index in [0.29, 0.717) is 10.7 Å². The summed E-state index contributed by atoms with van der Waals surface area (Å²) < 4.78 is 1.14. The lowest BCUT2D eigenvalue weighted by molar-refractivity contribution is 0.0680. The molecule has 0 aliphatic carbocycles. The van der Waals surface area contributed by atoms with Crippen LogP contribution in [-0.4, -0.2) is 26.8 Å². The second kappa shape index (κ2) is 5.34. The second-order valence-corrected chi connectivity index (χ2v) is 4.69. The van der Waals surface area contributed by atoms with E-state index in [9.17, 15) is 9.59 Å². The van der Waals surface area contributed by atoms with Gasteiger partial charge in [0.05, 0.1) is 11.8 Å². The highest BCUT2D eigenvalue weighted by Crippen LogP contribution is 2.21. The molecule has 2 rings (SSSR count). The fourth-order valence-electron chi connectivity index (χ4n) is 1.78. The van der Waals surface area contributed by atoms with Crippen LogP contribution in [0.5, 0.6) is 0 Å². The number of aromatic carboxylic acids is 1. The molecule has 2 aromatic rings. The molecule has 0 saturated heterocycles. The number of anilines is 1. The first-order valence-electron chi connectivity index (χ1n) is 5.73. The van der Waals surface area contributed by atoms with E-state index < -0.39 is 11.9 Å². The van der Waals surface area contributed by atoms with Gasteiger partial charge in [-0.25, -0.2) is 4.79 Å². The minimum absolute atomic E-state index is 0.000578. The summed E-state index contributed by atoms with van der Waals surface area (Å²) in [5.74, 6) is -1.75. The van der Waals surface area contributed by atoms with Crippen LogP contribution in [0.4, 0.5) is 5.69 Å². The number of amides is 1. The number of nitrogens with one attached hydrogen (secondary N) is 1. The van der Waals surface area contributed by atoms with E-state index in [4.69, 9.17) is 16.7 Å². The number of hydrogen-bond donors (Lipinski definition) is 2. The molecule has 104 valence electrons. The molecule has 1 aromatic heterocycles. The number of carboxylic acids is 1. The Labute approximate surface area is 120 Å². The summed E-state index contributed by atoms with van der Waals surface area (Å²) in [6.07, 6.45) is 1.22. The SMILES string of the molecule is Cc1ccc(Cl)cc1NC(=O)c1cnn(C)c1C(=O)O. The molecule has 1 heterocycles. The van der Waals surface area contributed by atoms with Gasteiger partial charge in [-0.05, 0) is 24.6 Å². The number of nitrogens with zero attached hydrogens (tertiary/aromatic N) is 2. The van der Waals surface area contributed by atoms with E-state index in [1.54, 1.807) is 18.2 Å². The van der Waals surface area contributed by atoms with E-state index >= 15 is 0 Å². The third kappa shape index (κ3) is 2.65. The summed E-state index contributed by atoms with van der Waals surface area (Å²) in [4.78, 5) is 23.3. The monoisotopic (exact) mass is 293 g/mol. The number of carbonyl (C=O) groups excluding carboxylic acids is 1. The molecule has 0 spiro atoms. The summed E-state index contributed by atoms with van der Waals surface area (Å²) in [7, 11) is 1.46. The normalized spacial score (nSPS) is 10.3. The first kappa shape index (κ1) is 14.1. The molecule has 0 bridgehead atoms. The maximum Gasteiger partial charge on any atom is 0.354 e. The van der Waals surface area contributed by atoms with Gasteiger partial charge in [0, 0.05) is 17.8 Å². The van der Waals surface area contributed by atoms with Crippen molar-refractivity contribution in [2.24, 2.45) is 7.05 Å². The van der Waals surface area contributed by atoms with Crippen LogP contribution in [0, 0.1) is 6.92 Å². The van der Waals surface area contributed by atoms with E-state index in [0.717, 1.165) is 10.2 Å². The van der Waals surface area contributed by atoms with Crippen molar-refractivity contribution in [3.63, 3.8) is 0 Å². The van der Waals surface area contributed by atoms with Crippen LogP contribution in [0.3, 0.4) is 0 Å². The van der Waals surface area contributed by atoms with Gasteiger partial charge in [0.15, 0.2) is 5.69 Å². The van der Waals surface area contributed by atoms with Gasteiger partial charge in [0.2, 0.25) is 0 Å². The Morgan fingerprint density at radius 1 is 1.40 bits per heavy atom. The van der Waals surface area contributed by atoms with Gasteiger partial charge in [-0.3, -0.25) is 9.48 Å². The molecule has 1 amide bonds. The number of rotatable bonds is 3. The van der Waals surface area contributed by atoms with Crippen molar-refractivity contribution in [1.82, 2.24) is 9.78 Å². The summed E-state index contributed by atoms with van der Waals surface area (Å²) in [5.41, 5.74) is 1.19. The molecule has 0 saturated carbocycles. The van der Waals surface area contributed by atoms with E-state index in [2.05, 4.69) is 10.4 Å². The quantitative estimate of drug-likeness (QED) is 0.909. The van der Waals surface area contributed by atoms with Crippen LogP contribution in [0.1, 0.15) is 26.4 Å². The number of aryl methyl sites for hydroxylation is 2. The van der Waals surface area contributed by atoms with Crippen LogP contribution in [0.15, 0.2) is 24.4 Å². The zero-order valence-corrected chi connectivity index (χ0v) is 11.6. The van der Waals surface area contributed by atoms with Crippen molar-refractivity contribution in [2.45, 2.75) is 6.92 Å². The Morgan fingerprint density at radius 2 is 2.10 bits per heavy atom. The molecule has 0 radical (unpaired) electrons. The molecule has 0 fully saturated rings. The topological polar surface area (TPSA) is 84.2 Å². The van der Waals surface area contributed by atoms with Gasteiger partial charge >= 0.3 is 5.97 Å². The number of carbonyl (C=O) groups is 2. The van der Waals surface area contributed by atoms with Crippen LogP contribution in [0.25, 0.3) is 0 Å². The van der Waals surface area contributed by atoms with Crippen molar-refractivity contribution in [1.29, 1.82) is 0 Å². The molecule has 0 aliphatic rings. The lowest BCUT2D eigenvalue weighted by Crippen LogP contribution is -2.17. The van der Waals surface area contributed by atoms with Crippen molar-refractivity contribution in [3.8, 4) is 0 Å². The van der Waals surface area contributed by atoms with Crippen molar-refractivity contribution in [3.05, 3.63) is 46.2 Å². The first-order valence-corrected chi connectivity index (χ1v) is 6.10. The average molecular weight is 294 g/mol. The van der Waals surface area contributed by atoms with Crippen LogP contribution in [0.2, 0.25) is 5.02 Å². The Kier molecular flexibility index (Phi) is 3.76. The Morgan fingerprint density at radius 3 is 2.75 bits per heavy atom. The van der Waals surface area contributed by atoms with Gasteiger partial charge in [-0.2, -0.15) is 5.10 Å². The van der Waals surface area contributed by atoms with Crippen molar-refractivity contribution in [2.75, 3.05) is 5.32 Å². The molecule has 0 unspecified atom stereocenters. The molecule has 20 heavy (non-hydrogen) atoms. The first-order chi connectivity index (χ1) is 9.40. The number of carboxylic acid groups (broad SMARTS) is 1. The maximum absolute atomic E-state index is 12.1. The van der Waals surface area contributed by atoms with E-state index in [1.807, 2.05) is 6.92 Å². The Balaban J connectivity index is 2.33. The van der Waals surface area contributed by atoms with Crippen LogP contribution in [-0.2, 0) is 7.05 Å². The molecule has 7 heteroatoms. The largest absolute Gasteiger partial charge is 0.477 e. The average Bonchev–Trinajstić information content (AvgIpc) is 2.76. The van der Waals surface area contributed by atoms with Gasteiger partial charge in [-0.1, -0.05) is 17.7 Å². The highest BCUT2D eigenvalue weighted by atomic mass is 35.5. The van der Waals surface area contributed by atoms with Gasteiger partial charge in [-0.15, -0.1) is 0 Å². The summed E-state index contributed by atoms with van der Waals surface area (Å²) >= 11 is 5.87. The third-order valence-corrected chi connectivity index (χ3v) is 3.07. The number of aromatic nitrogens is 2. The fourth-order valence-corrected chi connectivity index (χ4v) is 1.95. The van der Waals surface area contributed by atoms with Gasteiger partial charge < -0.3 is 10.4 Å². The standard InChI is InChI=1S/C13H12ClN3O3/c1-7-3-4-8(14)5-10(7)16-12(18)9-6-15-17(2)11(9)13(19)20/h3-6H,1-2H3,(H,16,18)(H,19,20). The number of halogens is 1. The molecule has 2 N–H and O–H groups in total. The summed E-state index contributed by atoms with van der Waals surface area (Å²) in [6.45, 7) is 1.81. The third-order valence-electron chi connectivity index (χ3n) is 2.83. The zero-order chi connectivity index (χ0) is 14.9. The van der Waals surface area contributed by atoms with Crippen molar-refractivity contribution >= 4 is 29.2 Å². The summed E-state index contributed by atoms with van der Waals surface area (Å²) in [6, 6.07) is 5.07. The van der Waals surface area contributed by atoms with Gasteiger partial charge in [0.1, 0.15) is 0 Å². The van der Waals surface area contributed by atoms with E-state index in [1.165, 1.54) is 13.2 Å². The smallest absolute Gasteiger partial charge is 0.354 e. The maximum atomic E-state index is 12.1. The highest BCUT2D eigenvalue weighted by molar-refractivity contribution is 6.31. The van der Waals surface area contributed by atoms with Crippen LogP contribution < -0.4 is 5.32 Å². The minimum atomic E-state index is -1.21. The molecule has 1 aromatic carbocycles. The minimum Gasteiger partial charge on any atom is -0.477 e. The van der Waals surface area contributed by atoms with Crippen LogP contribution >= 0.6 is 11.6 Å². The summed E-state index contributed by atoms with van der Waals surface area (Å²) in [5, 5.41) is 16.0. The predicted molar refractivity (Wildman–Crippen MR) is 74.3 cm³/mol. The lowest BCUT2D eigenvalue weighted by Gasteiger charge is -2.08. The molecule has 0 aliphatic heterocycles. The Bertz CT molecular complexity index is 694. The highest BCUT2D eigenvalue weighted by Gasteiger charge is 2.21. The zero-order valence-electron chi connectivity index (χ0n) is 10.8. The van der Waals surface area contributed by atoms with Crippen molar-refractivity contribution < 1.29 is 14.7 Å². The second-order valence-electron chi connectivity index (χ2n) is 4.25. The molecule has 0 atom stereocenters. The Hall–Kier alpha value is -2.34. The predicted octanol–water partition coefficient (Wildman–Crippen LogP) is 2.33. The molecule has 6 nitrogen and oxygen atoms in total. The fraction of sp³-hybridized carbons (Fsp3) is 0.154. The molecular weight excluding hydrogens is 282 g/mol. The molecular formula is C13H12ClN3O3. The number of hydrogen-bond acceptors (Lipinski definition) is 3. The number of benzene rings is 1. The lowest BCUT2D eigenvalue weighted by atomic mass is 10.1. The van der Waals surface area contributed by atoms with Gasteiger partial charge in [0.25, 0.3) is 5.91 Å².